The maximum Gasteiger partial charge on any atom is 0.306 e. The van der Waals surface area contributed by atoms with Crippen LogP contribution in [0.2, 0.25) is 0 Å². The van der Waals surface area contributed by atoms with Gasteiger partial charge in [-0.3, -0.25) is 14.4 Å². The number of unbranched alkanes of at least 4 members (excludes halogenated alkanes) is 43. The van der Waals surface area contributed by atoms with Crippen LogP contribution >= 0.6 is 0 Å². The van der Waals surface area contributed by atoms with Crippen molar-refractivity contribution in [2.75, 3.05) is 13.2 Å². The Morgan fingerprint density at radius 2 is 0.493 bits per heavy atom. The second kappa shape index (κ2) is 62.2. The molecule has 1 atom stereocenters. The van der Waals surface area contributed by atoms with Gasteiger partial charge in [0.2, 0.25) is 0 Å². The second-order valence-electron chi connectivity index (χ2n) is 22.0. The van der Waals surface area contributed by atoms with Crippen molar-refractivity contribution in [3.63, 3.8) is 0 Å². The highest BCUT2D eigenvalue weighted by atomic mass is 16.6. The van der Waals surface area contributed by atoms with E-state index in [1.54, 1.807) is 0 Å². The smallest absolute Gasteiger partial charge is 0.306 e. The predicted octanol–water partition coefficient (Wildman–Crippen LogP) is 22.0. The third kappa shape index (κ3) is 60.4. The van der Waals surface area contributed by atoms with E-state index in [0.717, 1.165) is 83.5 Å². The van der Waals surface area contributed by atoms with Gasteiger partial charge in [-0.2, -0.15) is 0 Å². The molecule has 0 radical (unpaired) electrons. The lowest BCUT2D eigenvalue weighted by Crippen LogP contribution is -2.30. The van der Waals surface area contributed by atoms with Crippen molar-refractivity contribution in [2.45, 2.75) is 361 Å². The molecule has 0 aromatic rings. The molecule has 0 aliphatic carbocycles. The Bertz CT molecular complexity index is 1220. The number of carbonyl (C=O) groups excluding carboxylic acids is 3. The molecule has 0 aliphatic heterocycles. The molecular formula is C67H124O6. The van der Waals surface area contributed by atoms with E-state index >= 15 is 0 Å². The van der Waals surface area contributed by atoms with Crippen molar-refractivity contribution >= 4 is 17.9 Å². The van der Waals surface area contributed by atoms with E-state index in [2.05, 4.69) is 57.2 Å². The first kappa shape index (κ1) is 70.6. The Labute approximate surface area is 455 Å². The summed E-state index contributed by atoms with van der Waals surface area (Å²) in [4.78, 5) is 38.3. The van der Waals surface area contributed by atoms with Crippen LogP contribution in [0.3, 0.4) is 0 Å². The third-order valence-corrected chi connectivity index (χ3v) is 14.6. The minimum absolute atomic E-state index is 0.0760. The van der Waals surface area contributed by atoms with Gasteiger partial charge in [-0.25, -0.2) is 0 Å². The molecule has 0 bridgehead atoms. The largest absolute Gasteiger partial charge is 0.462 e. The SMILES string of the molecule is CCCCC/C=C\C/C=C\CCCCCCCC(=O)OCC(COC(=O)CCCCCCCCCCCCCCCCCCCCCCCCCC)OC(=O)CCCCCCC/C=C\CCCCCCCCC. The van der Waals surface area contributed by atoms with Gasteiger partial charge in [0, 0.05) is 19.3 Å². The molecule has 73 heavy (non-hydrogen) atoms. The summed E-state index contributed by atoms with van der Waals surface area (Å²) in [6.45, 7) is 6.65. The fourth-order valence-electron chi connectivity index (χ4n) is 9.71. The molecule has 0 aromatic heterocycles. The molecule has 0 fully saturated rings. The molecule has 0 aromatic carbocycles. The minimum Gasteiger partial charge on any atom is -0.462 e. The zero-order valence-corrected chi connectivity index (χ0v) is 49.2. The Hall–Kier alpha value is -2.37. The zero-order valence-electron chi connectivity index (χ0n) is 49.2. The van der Waals surface area contributed by atoms with Gasteiger partial charge in [0.1, 0.15) is 13.2 Å². The zero-order chi connectivity index (χ0) is 52.9. The minimum atomic E-state index is -0.780. The fraction of sp³-hybridized carbons (Fsp3) is 0.866. The van der Waals surface area contributed by atoms with Crippen molar-refractivity contribution in [2.24, 2.45) is 0 Å². The van der Waals surface area contributed by atoms with Crippen molar-refractivity contribution in [1.82, 2.24) is 0 Å². The average molecular weight is 1030 g/mol. The first-order valence-corrected chi connectivity index (χ1v) is 32.5. The predicted molar refractivity (Wildman–Crippen MR) is 316 cm³/mol. The normalized spacial score (nSPS) is 12.2. The molecule has 0 rings (SSSR count). The van der Waals surface area contributed by atoms with Crippen molar-refractivity contribution in [1.29, 1.82) is 0 Å². The number of ether oxygens (including phenoxy) is 3. The van der Waals surface area contributed by atoms with Crippen LogP contribution in [0.5, 0.6) is 0 Å². The van der Waals surface area contributed by atoms with Gasteiger partial charge < -0.3 is 14.2 Å². The van der Waals surface area contributed by atoms with Crippen molar-refractivity contribution in [3.8, 4) is 0 Å². The average Bonchev–Trinajstić information content (AvgIpc) is 3.39. The molecule has 6 nitrogen and oxygen atoms in total. The van der Waals surface area contributed by atoms with Gasteiger partial charge in [0.25, 0.3) is 0 Å². The molecular weight excluding hydrogens is 901 g/mol. The van der Waals surface area contributed by atoms with Crippen LogP contribution < -0.4 is 0 Å². The molecule has 0 heterocycles. The van der Waals surface area contributed by atoms with Gasteiger partial charge in [-0.1, -0.05) is 295 Å². The highest BCUT2D eigenvalue weighted by molar-refractivity contribution is 5.71. The van der Waals surface area contributed by atoms with Gasteiger partial charge in [-0.15, -0.1) is 0 Å². The number of carbonyl (C=O) groups is 3. The first-order valence-electron chi connectivity index (χ1n) is 32.5. The summed E-state index contributed by atoms with van der Waals surface area (Å²) >= 11 is 0. The number of allylic oxidation sites excluding steroid dienone is 6. The Morgan fingerprint density at radius 1 is 0.274 bits per heavy atom. The maximum absolute atomic E-state index is 12.9. The second-order valence-corrected chi connectivity index (χ2v) is 22.0. The maximum atomic E-state index is 12.9. The molecule has 0 N–H and O–H groups in total. The van der Waals surface area contributed by atoms with E-state index in [1.165, 1.54) is 231 Å². The van der Waals surface area contributed by atoms with Crippen LogP contribution in [0.25, 0.3) is 0 Å². The topological polar surface area (TPSA) is 78.9 Å². The van der Waals surface area contributed by atoms with Gasteiger partial charge in [0.15, 0.2) is 6.10 Å². The molecule has 0 saturated carbocycles. The first-order chi connectivity index (χ1) is 36.0. The van der Waals surface area contributed by atoms with Crippen molar-refractivity contribution in [3.05, 3.63) is 36.5 Å². The highest BCUT2D eigenvalue weighted by Crippen LogP contribution is 2.18. The quantitative estimate of drug-likeness (QED) is 0.0261. The number of esters is 3. The van der Waals surface area contributed by atoms with Gasteiger partial charge in [-0.05, 0) is 77.0 Å². The summed E-state index contributed by atoms with van der Waals surface area (Å²) < 4.78 is 16.9. The number of hydrogen-bond donors (Lipinski definition) is 0. The molecule has 0 aliphatic rings. The van der Waals surface area contributed by atoms with E-state index in [0.29, 0.717) is 19.3 Å². The molecule has 6 heteroatoms. The van der Waals surface area contributed by atoms with Crippen LogP contribution in [-0.4, -0.2) is 37.2 Å². The summed E-state index contributed by atoms with van der Waals surface area (Å²) in [5.74, 6) is -0.876. The summed E-state index contributed by atoms with van der Waals surface area (Å²) in [6, 6.07) is 0. The van der Waals surface area contributed by atoms with Crippen LogP contribution in [0.15, 0.2) is 36.5 Å². The number of hydrogen-bond acceptors (Lipinski definition) is 6. The summed E-state index contributed by atoms with van der Waals surface area (Å²) in [6.07, 6.45) is 75.8. The lowest BCUT2D eigenvalue weighted by molar-refractivity contribution is -0.167. The Morgan fingerprint density at radius 3 is 0.795 bits per heavy atom. The molecule has 0 amide bonds. The third-order valence-electron chi connectivity index (χ3n) is 14.6. The Kier molecular flexibility index (Phi) is 60.2. The van der Waals surface area contributed by atoms with E-state index in [9.17, 15) is 14.4 Å². The lowest BCUT2D eigenvalue weighted by atomic mass is 10.0. The highest BCUT2D eigenvalue weighted by Gasteiger charge is 2.19. The summed E-state index contributed by atoms with van der Waals surface area (Å²) in [5, 5.41) is 0. The van der Waals surface area contributed by atoms with E-state index in [1.807, 2.05) is 0 Å². The van der Waals surface area contributed by atoms with Gasteiger partial charge in [0.05, 0.1) is 0 Å². The Balaban J connectivity index is 4.28. The molecule has 428 valence electrons. The fourth-order valence-corrected chi connectivity index (χ4v) is 9.71. The molecule has 1 unspecified atom stereocenters. The van der Waals surface area contributed by atoms with Crippen LogP contribution in [0.4, 0.5) is 0 Å². The lowest BCUT2D eigenvalue weighted by Gasteiger charge is -2.18. The van der Waals surface area contributed by atoms with E-state index in [-0.39, 0.29) is 31.1 Å². The molecule has 0 saturated heterocycles. The monoisotopic (exact) mass is 1020 g/mol. The van der Waals surface area contributed by atoms with Gasteiger partial charge >= 0.3 is 17.9 Å². The standard InChI is InChI=1S/C67H124O6/c1-4-7-10-13-16-19-22-25-28-30-31-32-33-34-35-36-37-40-42-45-48-51-54-57-60-66(69)72-63-64(62-71-65(68)59-56-53-50-47-44-41-38-27-24-21-18-15-12-9-6-3)73-67(70)61-58-55-52-49-46-43-39-29-26-23-20-17-14-11-8-5-2/h18,21,27,29,38-39,64H,4-17,19-20,22-26,28,30-37,40-63H2,1-3H3/b21-18-,38-27-,39-29-. The van der Waals surface area contributed by atoms with E-state index in [4.69, 9.17) is 14.2 Å². The van der Waals surface area contributed by atoms with Crippen molar-refractivity contribution < 1.29 is 28.6 Å². The van der Waals surface area contributed by atoms with Crippen LogP contribution in [-0.2, 0) is 28.6 Å². The summed E-state index contributed by atoms with van der Waals surface area (Å²) in [5.41, 5.74) is 0. The number of rotatable bonds is 60. The van der Waals surface area contributed by atoms with E-state index < -0.39 is 6.10 Å². The summed E-state index contributed by atoms with van der Waals surface area (Å²) in [7, 11) is 0. The van der Waals surface area contributed by atoms with Crippen LogP contribution in [0, 0.1) is 0 Å². The van der Waals surface area contributed by atoms with Crippen LogP contribution in [0.1, 0.15) is 355 Å². The molecule has 0 spiro atoms.